The van der Waals surface area contributed by atoms with Gasteiger partial charge in [0.05, 0.1) is 7.11 Å². The van der Waals surface area contributed by atoms with Gasteiger partial charge in [-0.05, 0) is 31.1 Å². The van der Waals surface area contributed by atoms with Crippen LogP contribution in [-0.4, -0.2) is 26.1 Å². The van der Waals surface area contributed by atoms with Gasteiger partial charge in [-0.2, -0.15) is 0 Å². The van der Waals surface area contributed by atoms with Crippen LogP contribution in [0.15, 0.2) is 36.4 Å². The summed E-state index contributed by atoms with van der Waals surface area (Å²) in [6.07, 6.45) is 0. The molecule has 0 unspecified atom stereocenters. The van der Waals surface area contributed by atoms with Crippen molar-refractivity contribution in [2.75, 3.05) is 21.2 Å². The van der Waals surface area contributed by atoms with Crippen molar-refractivity contribution in [3.63, 3.8) is 0 Å². The highest BCUT2D eigenvalue weighted by atomic mass is 16.5. The van der Waals surface area contributed by atoms with E-state index in [4.69, 9.17) is 4.74 Å². The Labute approximate surface area is 96.4 Å². The summed E-state index contributed by atoms with van der Waals surface area (Å²) in [6.45, 7) is 0.949. The van der Waals surface area contributed by atoms with E-state index in [1.807, 2.05) is 12.1 Å². The average Bonchev–Trinajstić information content (AvgIpc) is 2.29. The molecule has 0 fully saturated rings. The van der Waals surface area contributed by atoms with E-state index in [9.17, 15) is 0 Å². The van der Waals surface area contributed by atoms with Crippen molar-refractivity contribution in [2.45, 2.75) is 6.54 Å². The first-order valence-corrected chi connectivity index (χ1v) is 5.41. The topological polar surface area (TPSA) is 12.5 Å². The van der Waals surface area contributed by atoms with Crippen molar-refractivity contribution in [2.24, 2.45) is 0 Å². The van der Waals surface area contributed by atoms with Crippen molar-refractivity contribution in [3.05, 3.63) is 42.0 Å². The fourth-order valence-corrected chi connectivity index (χ4v) is 1.99. The first-order valence-electron chi connectivity index (χ1n) is 5.41. The predicted molar refractivity (Wildman–Crippen MR) is 67.9 cm³/mol. The molecule has 2 aromatic rings. The maximum Gasteiger partial charge on any atom is 0.126 e. The predicted octanol–water partition coefficient (Wildman–Crippen LogP) is 2.91. The van der Waals surface area contributed by atoms with Gasteiger partial charge in [0.25, 0.3) is 0 Å². The number of rotatable bonds is 3. The van der Waals surface area contributed by atoms with Gasteiger partial charge in [-0.1, -0.05) is 30.3 Å². The van der Waals surface area contributed by atoms with Crippen LogP contribution in [0.5, 0.6) is 5.75 Å². The van der Waals surface area contributed by atoms with Gasteiger partial charge in [0, 0.05) is 11.9 Å². The molecule has 0 atom stereocenters. The lowest BCUT2D eigenvalue weighted by atomic mass is 10.0. The highest BCUT2D eigenvalue weighted by Crippen LogP contribution is 2.28. The maximum atomic E-state index is 5.37. The Morgan fingerprint density at radius 1 is 1.00 bits per heavy atom. The Hall–Kier alpha value is -1.54. The van der Waals surface area contributed by atoms with Crippen molar-refractivity contribution < 1.29 is 4.74 Å². The van der Waals surface area contributed by atoms with Crippen LogP contribution >= 0.6 is 0 Å². The van der Waals surface area contributed by atoms with Gasteiger partial charge in [-0.3, -0.25) is 0 Å². The van der Waals surface area contributed by atoms with Crippen molar-refractivity contribution >= 4 is 10.8 Å². The molecule has 0 amide bonds. The highest BCUT2D eigenvalue weighted by molar-refractivity contribution is 5.91. The summed E-state index contributed by atoms with van der Waals surface area (Å²) >= 11 is 0. The van der Waals surface area contributed by atoms with E-state index in [1.54, 1.807) is 7.11 Å². The molecule has 2 heteroatoms. The minimum absolute atomic E-state index is 0.943. The van der Waals surface area contributed by atoms with E-state index in [0.717, 1.165) is 12.3 Å². The second kappa shape index (κ2) is 4.54. The average molecular weight is 215 g/mol. The quantitative estimate of drug-likeness (QED) is 0.780. The number of benzene rings is 2. The summed E-state index contributed by atoms with van der Waals surface area (Å²) in [5, 5.41) is 2.46. The van der Waals surface area contributed by atoms with Crippen molar-refractivity contribution in [1.29, 1.82) is 0 Å². The molecule has 0 saturated carbocycles. The summed E-state index contributed by atoms with van der Waals surface area (Å²) < 4.78 is 5.37. The van der Waals surface area contributed by atoms with Crippen LogP contribution in [0.3, 0.4) is 0 Å². The zero-order chi connectivity index (χ0) is 11.5. The molecule has 0 aliphatic rings. The fraction of sp³-hybridized carbons (Fsp3) is 0.286. The van der Waals surface area contributed by atoms with Gasteiger partial charge in [-0.15, -0.1) is 0 Å². The van der Waals surface area contributed by atoms with Crippen molar-refractivity contribution in [3.8, 4) is 5.75 Å². The molecule has 84 valence electrons. The summed E-state index contributed by atoms with van der Waals surface area (Å²) in [7, 11) is 5.88. The Morgan fingerprint density at radius 3 is 2.31 bits per heavy atom. The molecule has 0 N–H and O–H groups in total. The van der Waals surface area contributed by atoms with Gasteiger partial charge in [0.1, 0.15) is 5.75 Å². The second-order valence-electron chi connectivity index (χ2n) is 4.21. The Bertz CT molecular complexity index is 491. The fourth-order valence-electron chi connectivity index (χ4n) is 1.99. The zero-order valence-electron chi connectivity index (χ0n) is 10.0. The van der Waals surface area contributed by atoms with Gasteiger partial charge < -0.3 is 9.64 Å². The number of nitrogens with zero attached hydrogens (tertiary/aromatic N) is 1. The lowest BCUT2D eigenvalue weighted by Crippen LogP contribution is -2.10. The molecule has 0 radical (unpaired) electrons. The molecule has 0 aliphatic heterocycles. The van der Waals surface area contributed by atoms with E-state index >= 15 is 0 Å². The smallest absolute Gasteiger partial charge is 0.126 e. The van der Waals surface area contributed by atoms with Crippen LogP contribution in [0, 0.1) is 0 Å². The van der Waals surface area contributed by atoms with E-state index < -0.39 is 0 Å². The number of ether oxygens (including phenoxy) is 1. The van der Waals surface area contributed by atoms with E-state index in [-0.39, 0.29) is 0 Å². The molecule has 0 aromatic heterocycles. The molecule has 2 nitrogen and oxygen atoms in total. The van der Waals surface area contributed by atoms with Gasteiger partial charge in [0.2, 0.25) is 0 Å². The third-order valence-electron chi connectivity index (χ3n) is 2.68. The van der Waals surface area contributed by atoms with Crippen LogP contribution in [0.2, 0.25) is 0 Å². The highest BCUT2D eigenvalue weighted by Gasteiger charge is 2.06. The number of hydrogen-bond acceptors (Lipinski definition) is 2. The van der Waals surface area contributed by atoms with Gasteiger partial charge in [-0.25, -0.2) is 0 Å². The molecule has 0 heterocycles. The largest absolute Gasteiger partial charge is 0.496 e. The first kappa shape index (κ1) is 11.0. The van der Waals surface area contributed by atoms with Crippen LogP contribution in [0.1, 0.15) is 5.56 Å². The summed E-state index contributed by atoms with van der Waals surface area (Å²) in [5.74, 6) is 0.943. The SMILES string of the molecule is COc1ccc(CN(C)C)c2ccccc12. The Morgan fingerprint density at radius 2 is 1.69 bits per heavy atom. The molecule has 0 aliphatic carbocycles. The second-order valence-corrected chi connectivity index (χ2v) is 4.21. The molecule has 2 aromatic carbocycles. The van der Waals surface area contributed by atoms with Gasteiger partial charge in [0.15, 0.2) is 0 Å². The van der Waals surface area contributed by atoms with Crippen LogP contribution < -0.4 is 4.74 Å². The molecule has 0 saturated heterocycles. The Balaban J connectivity index is 2.60. The molecule has 0 spiro atoms. The lowest BCUT2D eigenvalue weighted by molar-refractivity contribution is 0.402. The normalized spacial score (nSPS) is 11.0. The summed E-state index contributed by atoms with van der Waals surface area (Å²) in [5.41, 5.74) is 1.33. The number of hydrogen-bond donors (Lipinski definition) is 0. The number of methoxy groups -OCH3 is 1. The van der Waals surface area contributed by atoms with Gasteiger partial charge >= 0.3 is 0 Å². The molecular formula is C14H17NO. The number of fused-ring (bicyclic) bond motifs is 1. The van der Waals surface area contributed by atoms with Crippen molar-refractivity contribution in [1.82, 2.24) is 4.90 Å². The minimum Gasteiger partial charge on any atom is -0.496 e. The van der Waals surface area contributed by atoms with E-state index in [0.29, 0.717) is 0 Å². The van der Waals surface area contributed by atoms with E-state index in [2.05, 4.69) is 43.3 Å². The maximum absolute atomic E-state index is 5.37. The molecule has 16 heavy (non-hydrogen) atoms. The first-order chi connectivity index (χ1) is 7.72. The lowest BCUT2D eigenvalue weighted by Gasteiger charge is -2.14. The van der Waals surface area contributed by atoms with Crippen LogP contribution in [0.4, 0.5) is 0 Å². The third kappa shape index (κ3) is 2.02. The monoisotopic (exact) mass is 215 g/mol. The molecular weight excluding hydrogens is 198 g/mol. The zero-order valence-corrected chi connectivity index (χ0v) is 10.0. The standard InChI is InChI=1S/C14H17NO/c1-15(2)10-11-8-9-14(16-3)13-7-5-4-6-12(11)13/h4-9H,10H2,1-3H3. The third-order valence-corrected chi connectivity index (χ3v) is 2.68. The van der Waals surface area contributed by atoms with Crippen LogP contribution in [-0.2, 0) is 6.54 Å². The van der Waals surface area contributed by atoms with E-state index in [1.165, 1.54) is 16.3 Å². The molecule has 0 bridgehead atoms. The van der Waals surface area contributed by atoms with Crippen LogP contribution in [0.25, 0.3) is 10.8 Å². The molecule has 2 rings (SSSR count). The summed E-state index contributed by atoms with van der Waals surface area (Å²) in [4.78, 5) is 2.17. The summed E-state index contributed by atoms with van der Waals surface area (Å²) in [6, 6.07) is 12.6. The minimum atomic E-state index is 0.943. The Kier molecular flexibility index (Phi) is 3.11.